The molecular weight excluding hydrogens is 332 g/mol. The molecule has 0 aromatic carbocycles. The third-order valence-electron chi connectivity index (χ3n) is 7.52. The molecule has 1 atom stereocenters. The first kappa shape index (κ1) is 16.4. The van der Waals surface area contributed by atoms with Gasteiger partial charge in [0, 0.05) is 10.8 Å². The highest BCUT2D eigenvalue weighted by molar-refractivity contribution is 7.10. The van der Waals surface area contributed by atoms with Crippen molar-refractivity contribution in [3.8, 4) is 11.5 Å². The summed E-state index contributed by atoms with van der Waals surface area (Å²) in [6.07, 6.45) is 7.71. The fourth-order valence-electron chi connectivity index (χ4n) is 7.04. The zero-order valence-electron chi connectivity index (χ0n) is 15.6. The molecule has 4 aliphatic carbocycles. The summed E-state index contributed by atoms with van der Waals surface area (Å²) in [7, 11) is 0. The summed E-state index contributed by atoms with van der Waals surface area (Å²) in [6, 6.07) is 0. The monoisotopic (exact) mass is 362 g/mol. The molecule has 0 spiro atoms. The van der Waals surface area contributed by atoms with E-state index in [2.05, 4.69) is 20.8 Å². The lowest BCUT2D eigenvalue weighted by molar-refractivity contribution is -0.228. The van der Waals surface area contributed by atoms with Crippen LogP contribution in [-0.2, 0) is 5.60 Å². The van der Waals surface area contributed by atoms with Crippen LogP contribution in [0.5, 0.6) is 11.5 Å². The maximum atomic E-state index is 12.5. The fourth-order valence-corrected chi connectivity index (χ4v) is 8.40. The standard InChI is InChI=1S/C21H30O3S/c1-19(2,3)21(22,18-17-16(12-25-18)23-4-5-24-17)20-9-13-6-14(10-20)8-15(7-13)11-20/h12-15,22H,4-11H2,1-3H3/t13?,14?,15?,20?,21-/m1/s1. The Labute approximate surface area is 154 Å². The molecular formula is C21H30O3S. The van der Waals surface area contributed by atoms with Crippen LogP contribution in [0.1, 0.15) is 64.2 Å². The fraction of sp³-hybridized carbons (Fsp3) is 0.810. The average Bonchev–Trinajstić information content (AvgIpc) is 2.96. The molecule has 2 heterocycles. The molecule has 0 radical (unpaired) electrons. The highest BCUT2D eigenvalue weighted by atomic mass is 32.1. The molecule has 4 saturated carbocycles. The molecule has 4 heteroatoms. The van der Waals surface area contributed by atoms with E-state index < -0.39 is 5.60 Å². The van der Waals surface area contributed by atoms with Crippen LogP contribution in [0.4, 0.5) is 0 Å². The second-order valence-electron chi connectivity index (χ2n) is 10.1. The van der Waals surface area contributed by atoms with Gasteiger partial charge in [-0.3, -0.25) is 0 Å². The molecule has 6 rings (SSSR count). The number of hydrogen-bond donors (Lipinski definition) is 1. The van der Waals surface area contributed by atoms with Crippen LogP contribution in [0.2, 0.25) is 0 Å². The number of ether oxygens (including phenoxy) is 2. The second-order valence-corrected chi connectivity index (χ2v) is 11.0. The van der Waals surface area contributed by atoms with Crippen molar-refractivity contribution in [2.45, 2.75) is 64.9 Å². The zero-order valence-corrected chi connectivity index (χ0v) is 16.5. The maximum absolute atomic E-state index is 12.5. The van der Waals surface area contributed by atoms with E-state index in [-0.39, 0.29) is 10.8 Å². The Bertz CT molecular complexity index is 651. The molecule has 1 aliphatic heterocycles. The molecule has 0 amide bonds. The van der Waals surface area contributed by atoms with Crippen LogP contribution in [0.15, 0.2) is 5.38 Å². The van der Waals surface area contributed by atoms with Crippen LogP contribution in [-0.4, -0.2) is 18.3 Å². The van der Waals surface area contributed by atoms with Gasteiger partial charge < -0.3 is 14.6 Å². The molecule has 0 unspecified atom stereocenters. The van der Waals surface area contributed by atoms with Gasteiger partial charge in [0.05, 0.1) is 4.88 Å². The van der Waals surface area contributed by atoms with E-state index in [0.29, 0.717) is 13.2 Å². The summed E-state index contributed by atoms with van der Waals surface area (Å²) in [4.78, 5) is 1.02. The molecule has 138 valence electrons. The summed E-state index contributed by atoms with van der Waals surface area (Å²) in [5.74, 6) is 4.09. The lowest BCUT2D eigenvalue weighted by Crippen LogP contribution is -2.61. The van der Waals surface area contributed by atoms with Crippen molar-refractivity contribution >= 4 is 11.3 Å². The van der Waals surface area contributed by atoms with E-state index in [1.54, 1.807) is 11.3 Å². The predicted molar refractivity (Wildman–Crippen MR) is 99.3 cm³/mol. The Morgan fingerprint density at radius 3 is 2.12 bits per heavy atom. The van der Waals surface area contributed by atoms with Crippen molar-refractivity contribution in [2.75, 3.05) is 13.2 Å². The largest absolute Gasteiger partial charge is 0.485 e. The van der Waals surface area contributed by atoms with Gasteiger partial charge in [-0.15, -0.1) is 11.3 Å². The second kappa shape index (κ2) is 5.16. The van der Waals surface area contributed by atoms with Crippen LogP contribution >= 0.6 is 11.3 Å². The minimum absolute atomic E-state index is 0.000565. The SMILES string of the molecule is CC(C)(C)[C@](O)(c1scc2c1OCCO2)C12CC3CC(CC(C3)C1)C2. The molecule has 4 fully saturated rings. The zero-order chi connectivity index (χ0) is 17.4. The molecule has 3 nitrogen and oxygen atoms in total. The van der Waals surface area contributed by atoms with E-state index in [0.717, 1.165) is 34.1 Å². The number of fused-ring (bicyclic) bond motifs is 1. The Balaban J connectivity index is 1.67. The normalized spacial score (nSPS) is 38.6. The smallest absolute Gasteiger partial charge is 0.178 e. The van der Waals surface area contributed by atoms with Gasteiger partial charge in [-0.1, -0.05) is 20.8 Å². The van der Waals surface area contributed by atoms with Crippen molar-refractivity contribution in [1.29, 1.82) is 0 Å². The highest BCUT2D eigenvalue weighted by Gasteiger charge is 2.65. The molecule has 5 aliphatic rings. The van der Waals surface area contributed by atoms with Crippen LogP contribution < -0.4 is 9.47 Å². The number of aliphatic hydroxyl groups is 1. The van der Waals surface area contributed by atoms with E-state index in [9.17, 15) is 5.11 Å². The third kappa shape index (κ3) is 2.13. The maximum Gasteiger partial charge on any atom is 0.178 e. The summed E-state index contributed by atoms with van der Waals surface area (Å²) in [6.45, 7) is 7.82. The Morgan fingerprint density at radius 2 is 1.56 bits per heavy atom. The van der Waals surface area contributed by atoms with Crippen LogP contribution in [0, 0.1) is 28.6 Å². The molecule has 0 saturated heterocycles. The van der Waals surface area contributed by atoms with E-state index in [4.69, 9.17) is 9.47 Å². The third-order valence-corrected chi connectivity index (χ3v) is 8.57. The van der Waals surface area contributed by atoms with Gasteiger partial charge in [-0.05, 0) is 61.7 Å². The van der Waals surface area contributed by atoms with Crippen molar-refractivity contribution in [1.82, 2.24) is 0 Å². The Morgan fingerprint density at radius 1 is 1.00 bits per heavy atom. The molecule has 1 aromatic heterocycles. The topological polar surface area (TPSA) is 38.7 Å². The quantitative estimate of drug-likeness (QED) is 0.807. The molecule has 1 aromatic rings. The van der Waals surface area contributed by atoms with Gasteiger partial charge in [0.1, 0.15) is 18.8 Å². The van der Waals surface area contributed by atoms with Crippen molar-refractivity contribution in [3.05, 3.63) is 10.3 Å². The van der Waals surface area contributed by atoms with Gasteiger partial charge in [0.25, 0.3) is 0 Å². The first-order chi connectivity index (χ1) is 11.8. The van der Waals surface area contributed by atoms with E-state index in [1.165, 1.54) is 38.5 Å². The van der Waals surface area contributed by atoms with E-state index in [1.807, 2.05) is 5.38 Å². The molecule has 25 heavy (non-hydrogen) atoms. The minimum atomic E-state index is -0.852. The Hall–Kier alpha value is -0.740. The van der Waals surface area contributed by atoms with Gasteiger partial charge in [0.15, 0.2) is 11.5 Å². The van der Waals surface area contributed by atoms with Crippen molar-refractivity contribution < 1.29 is 14.6 Å². The summed E-state index contributed by atoms with van der Waals surface area (Å²) >= 11 is 1.65. The van der Waals surface area contributed by atoms with Gasteiger partial charge in [0.2, 0.25) is 0 Å². The van der Waals surface area contributed by atoms with Gasteiger partial charge in [-0.2, -0.15) is 0 Å². The van der Waals surface area contributed by atoms with Gasteiger partial charge in [-0.25, -0.2) is 0 Å². The summed E-state index contributed by atoms with van der Waals surface area (Å²) in [5, 5.41) is 14.5. The lowest BCUT2D eigenvalue weighted by atomic mass is 9.42. The first-order valence-corrected chi connectivity index (χ1v) is 10.8. The number of rotatable bonds is 2. The average molecular weight is 363 g/mol. The summed E-state index contributed by atoms with van der Waals surface area (Å²) < 4.78 is 11.8. The van der Waals surface area contributed by atoms with Crippen molar-refractivity contribution in [2.24, 2.45) is 28.6 Å². The van der Waals surface area contributed by atoms with Crippen LogP contribution in [0.25, 0.3) is 0 Å². The predicted octanol–water partition coefficient (Wildman–Crippen LogP) is 4.97. The van der Waals surface area contributed by atoms with Gasteiger partial charge >= 0.3 is 0 Å². The van der Waals surface area contributed by atoms with Crippen LogP contribution in [0.3, 0.4) is 0 Å². The summed E-state index contributed by atoms with van der Waals surface area (Å²) in [5.41, 5.74) is -1.09. The minimum Gasteiger partial charge on any atom is -0.485 e. The number of thiophene rings is 1. The van der Waals surface area contributed by atoms with E-state index >= 15 is 0 Å². The lowest BCUT2D eigenvalue weighted by Gasteiger charge is -2.65. The molecule has 1 N–H and O–H groups in total. The number of hydrogen-bond acceptors (Lipinski definition) is 4. The first-order valence-electron chi connectivity index (χ1n) is 9.92. The Kier molecular flexibility index (Phi) is 3.39. The molecule has 4 bridgehead atoms. The highest BCUT2D eigenvalue weighted by Crippen LogP contribution is 2.70. The van der Waals surface area contributed by atoms with Crippen molar-refractivity contribution in [3.63, 3.8) is 0 Å².